The third-order valence-corrected chi connectivity index (χ3v) is 5.78. The molecule has 2 N–H and O–H groups in total. The minimum absolute atomic E-state index is 0.0101. The van der Waals surface area contributed by atoms with Gasteiger partial charge < -0.3 is 9.84 Å². The van der Waals surface area contributed by atoms with Gasteiger partial charge >= 0.3 is 5.97 Å². The molecule has 1 aromatic heterocycles. The maximum absolute atomic E-state index is 12.8. The predicted molar refractivity (Wildman–Crippen MR) is 86.8 cm³/mol. The zero-order chi connectivity index (χ0) is 17.7. The van der Waals surface area contributed by atoms with E-state index in [0.717, 1.165) is 11.3 Å². The Bertz CT molecular complexity index is 802. The summed E-state index contributed by atoms with van der Waals surface area (Å²) in [6, 6.07) is 6.62. The summed E-state index contributed by atoms with van der Waals surface area (Å²) < 4.78 is 44.2. The lowest BCUT2D eigenvalue weighted by Gasteiger charge is -2.12. The van der Waals surface area contributed by atoms with Gasteiger partial charge in [-0.2, -0.15) is 0 Å². The Morgan fingerprint density at radius 1 is 1.33 bits per heavy atom. The molecule has 24 heavy (non-hydrogen) atoms. The molecular weight excluding hydrogens is 357 g/mol. The van der Waals surface area contributed by atoms with E-state index in [9.17, 15) is 22.7 Å². The van der Waals surface area contributed by atoms with E-state index in [0.29, 0.717) is 5.56 Å². The molecule has 0 aliphatic carbocycles. The average molecular weight is 373 g/mol. The summed E-state index contributed by atoms with van der Waals surface area (Å²) in [6.45, 7) is -0.0443. The van der Waals surface area contributed by atoms with Crippen LogP contribution in [0.2, 0.25) is 0 Å². The van der Waals surface area contributed by atoms with Crippen LogP contribution in [-0.2, 0) is 14.8 Å². The standard InChI is InChI=1S/C15H16FNO5S2/c1-22-15(19)14-13(7-9-23-14)24(20,21)17-8-6-12(18)10-2-4-11(16)5-3-10/h2-5,7,9,12,17-18H,6,8H2,1H3. The number of methoxy groups -OCH3 is 1. The molecule has 0 aliphatic heterocycles. The van der Waals surface area contributed by atoms with Gasteiger partial charge in [-0.05, 0) is 35.6 Å². The SMILES string of the molecule is COC(=O)c1sccc1S(=O)(=O)NCCC(O)c1ccc(F)cc1. The third kappa shape index (κ3) is 4.38. The molecule has 2 aromatic rings. The van der Waals surface area contributed by atoms with Gasteiger partial charge in [0.25, 0.3) is 0 Å². The smallest absolute Gasteiger partial charge is 0.349 e. The zero-order valence-corrected chi connectivity index (χ0v) is 14.4. The first-order valence-electron chi connectivity index (χ1n) is 6.94. The molecule has 0 radical (unpaired) electrons. The highest BCUT2D eigenvalue weighted by molar-refractivity contribution is 7.89. The Balaban J connectivity index is 1.99. The largest absolute Gasteiger partial charge is 0.465 e. The molecule has 1 atom stereocenters. The van der Waals surface area contributed by atoms with E-state index in [4.69, 9.17) is 0 Å². The molecule has 0 bridgehead atoms. The molecule has 6 nitrogen and oxygen atoms in total. The summed E-state index contributed by atoms with van der Waals surface area (Å²) in [7, 11) is -2.73. The first kappa shape index (κ1) is 18.5. The summed E-state index contributed by atoms with van der Waals surface area (Å²) in [6.07, 6.45) is -0.835. The van der Waals surface area contributed by atoms with Crippen LogP contribution in [0.1, 0.15) is 27.8 Å². The van der Waals surface area contributed by atoms with Crippen LogP contribution in [-0.4, -0.2) is 33.1 Å². The number of benzene rings is 1. The van der Waals surface area contributed by atoms with Gasteiger partial charge in [-0.25, -0.2) is 22.3 Å². The molecule has 0 saturated heterocycles. The quantitative estimate of drug-likeness (QED) is 0.725. The van der Waals surface area contributed by atoms with Gasteiger partial charge in [-0.1, -0.05) is 12.1 Å². The van der Waals surface area contributed by atoms with Gasteiger partial charge in [0.15, 0.2) is 0 Å². The van der Waals surface area contributed by atoms with Crippen molar-refractivity contribution in [1.29, 1.82) is 0 Å². The van der Waals surface area contributed by atoms with Crippen molar-refractivity contribution in [1.82, 2.24) is 4.72 Å². The number of esters is 1. The number of carbonyl (C=O) groups is 1. The molecule has 1 heterocycles. The van der Waals surface area contributed by atoms with Crippen LogP contribution >= 0.6 is 11.3 Å². The summed E-state index contributed by atoms with van der Waals surface area (Å²) in [5.41, 5.74) is 0.487. The molecule has 0 amide bonds. The van der Waals surface area contributed by atoms with Crippen LogP contribution < -0.4 is 4.72 Å². The number of nitrogens with one attached hydrogen (secondary N) is 1. The van der Waals surface area contributed by atoms with Crippen molar-refractivity contribution in [2.45, 2.75) is 17.4 Å². The summed E-state index contributed by atoms with van der Waals surface area (Å²) >= 11 is 0.968. The highest BCUT2D eigenvalue weighted by atomic mass is 32.2. The van der Waals surface area contributed by atoms with E-state index in [1.807, 2.05) is 0 Å². The van der Waals surface area contributed by atoms with Crippen molar-refractivity contribution in [2.24, 2.45) is 0 Å². The van der Waals surface area contributed by atoms with Crippen LogP contribution in [0.15, 0.2) is 40.6 Å². The number of rotatable bonds is 7. The van der Waals surface area contributed by atoms with Crippen LogP contribution in [0.5, 0.6) is 0 Å². The Morgan fingerprint density at radius 2 is 2.00 bits per heavy atom. The van der Waals surface area contributed by atoms with Gasteiger partial charge in [0, 0.05) is 6.54 Å². The lowest BCUT2D eigenvalue weighted by Crippen LogP contribution is -2.27. The lowest BCUT2D eigenvalue weighted by atomic mass is 10.1. The normalized spacial score (nSPS) is 12.8. The van der Waals surface area contributed by atoms with E-state index in [2.05, 4.69) is 9.46 Å². The van der Waals surface area contributed by atoms with E-state index >= 15 is 0 Å². The molecule has 0 saturated carbocycles. The minimum atomic E-state index is -3.90. The number of carbonyl (C=O) groups excluding carboxylic acids is 1. The first-order chi connectivity index (χ1) is 11.3. The molecule has 2 rings (SSSR count). The molecule has 130 valence electrons. The van der Waals surface area contributed by atoms with Crippen LogP contribution in [0, 0.1) is 5.82 Å². The van der Waals surface area contributed by atoms with Crippen molar-refractivity contribution in [3.8, 4) is 0 Å². The lowest BCUT2D eigenvalue weighted by molar-refractivity contribution is 0.0602. The van der Waals surface area contributed by atoms with Gasteiger partial charge in [0.2, 0.25) is 10.0 Å². The van der Waals surface area contributed by atoms with Crippen molar-refractivity contribution in [3.63, 3.8) is 0 Å². The molecule has 0 spiro atoms. The molecule has 1 aromatic carbocycles. The van der Waals surface area contributed by atoms with Gasteiger partial charge in [-0.3, -0.25) is 0 Å². The number of aliphatic hydroxyl groups excluding tert-OH is 1. The maximum Gasteiger partial charge on any atom is 0.349 e. The van der Waals surface area contributed by atoms with Crippen LogP contribution in [0.4, 0.5) is 4.39 Å². The monoisotopic (exact) mass is 373 g/mol. The zero-order valence-electron chi connectivity index (χ0n) is 12.7. The molecule has 0 aliphatic rings. The minimum Gasteiger partial charge on any atom is -0.465 e. The van der Waals surface area contributed by atoms with Gasteiger partial charge in [0.1, 0.15) is 15.6 Å². The maximum atomic E-state index is 12.8. The fraction of sp³-hybridized carbons (Fsp3) is 0.267. The summed E-state index contributed by atoms with van der Waals surface area (Å²) in [5, 5.41) is 11.5. The van der Waals surface area contributed by atoms with Gasteiger partial charge in [0.05, 0.1) is 13.2 Å². The van der Waals surface area contributed by atoms with E-state index in [-0.39, 0.29) is 22.7 Å². The van der Waals surface area contributed by atoms with E-state index < -0.39 is 27.9 Å². The number of thiophene rings is 1. The fourth-order valence-corrected chi connectivity index (χ4v) is 4.39. The Kier molecular flexibility index (Phi) is 6.05. The fourth-order valence-electron chi connectivity index (χ4n) is 2.01. The molecule has 9 heteroatoms. The van der Waals surface area contributed by atoms with Crippen molar-refractivity contribution in [2.75, 3.05) is 13.7 Å². The van der Waals surface area contributed by atoms with E-state index in [1.165, 1.54) is 42.8 Å². The van der Waals surface area contributed by atoms with Crippen molar-refractivity contribution in [3.05, 3.63) is 52.0 Å². The number of ether oxygens (including phenoxy) is 1. The summed E-state index contributed by atoms with van der Waals surface area (Å²) in [4.78, 5) is 11.4. The highest BCUT2D eigenvalue weighted by Crippen LogP contribution is 2.23. The van der Waals surface area contributed by atoms with E-state index in [1.54, 1.807) is 0 Å². The van der Waals surface area contributed by atoms with Gasteiger partial charge in [-0.15, -0.1) is 11.3 Å². The number of hydrogen-bond acceptors (Lipinski definition) is 6. The van der Waals surface area contributed by atoms with Crippen LogP contribution in [0.3, 0.4) is 0 Å². The Morgan fingerprint density at radius 3 is 2.62 bits per heavy atom. The van der Waals surface area contributed by atoms with Crippen molar-refractivity contribution < 1.29 is 27.4 Å². The Hall–Kier alpha value is -1.81. The molecule has 1 unspecified atom stereocenters. The topological polar surface area (TPSA) is 92.7 Å². The third-order valence-electron chi connectivity index (χ3n) is 3.25. The number of sulfonamides is 1. The number of halogens is 1. The second-order valence-electron chi connectivity index (χ2n) is 4.86. The molecule has 0 fully saturated rings. The second-order valence-corrected chi connectivity index (χ2v) is 7.51. The van der Waals surface area contributed by atoms with Crippen molar-refractivity contribution >= 4 is 27.3 Å². The Labute approximate surface area is 142 Å². The van der Waals surface area contributed by atoms with Crippen LogP contribution in [0.25, 0.3) is 0 Å². The summed E-state index contributed by atoms with van der Waals surface area (Å²) in [5.74, 6) is -1.14. The first-order valence-corrected chi connectivity index (χ1v) is 9.30. The second kappa shape index (κ2) is 7.84. The number of aliphatic hydroxyl groups is 1. The molecular formula is C15H16FNO5S2. The average Bonchev–Trinajstić information content (AvgIpc) is 3.05. The highest BCUT2D eigenvalue weighted by Gasteiger charge is 2.24. The number of hydrogen-bond donors (Lipinski definition) is 2. The predicted octanol–water partition coefficient (Wildman–Crippen LogP) is 2.08.